The molecule has 180 valence electrons. The molecule has 4 bridgehead atoms. The van der Waals surface area contributed by atoms with Crippen molar-refractivity contribution in [3.63, 3.8) is 0 Å². The number of ether oxygens (including phenoxy) is 1. The maximum atomic E-state index is 13.5. The molecule has 8 nitrogen and oxygen atoms in total. The molecule has 2 aromatic rings. The Bertz CT molecular complexity index is 1190. The van der Waals surface area contributed by atoms with E-state index in [1.807, 2.05) is 0 Å². The first kappa shape index (κ1) is 22.0. The van der Waals surface area contributed by atoms with Crippen LogP contribution in [-0.2, 0) is 27.8 Å². The Balaban J connectivity index is 1.21. The second kappa shape index (κ2) is 8.02. The first-order valence-electron chi connectivity index (χ1n) is 12.1. The summed E-state index contributed by atoms with van der Waals surface area (Å²) in [4.78, 5) is 22.5. The van der Waals surface area contributed by atoms with Gasteiger partial charge in [0.15, 0.2) is 0 Å². The maximum Gasteiger partial charge on any atom is 0.243 e. The summed E-state index contributed by atoms with van der Waals surface area (Å²) in [5.41, 5.74) is 1.24. The number of amides is 1. The van der Waals surface area contributed by atoms with E-state index in [-0.39, 0.29) is 22.8 Å². The van der Waals surface area contributed by atoms with Crippen molar-refractivity contribution in [2.75, 3.05) is 19.0 Å². The van der Waals surface area contributed by atoms with Crippen LogP contribution in [-0.4, -0.2) is 42.3 Å². The van der Waals surface area contributed by atoms with Crippen molar-refractivity contribution in [3.05, 3.63) is 41.9 Å². The van der Waals surface area contributed by atoms with E-state index in [2.05, 4.69) is 15.3 Å². The van der Waals surface area contributed by atoms with Crippen LogP contribution < -0.4 is 10.1 Å². The number of rotatable bonds is 5. The highest BCUT2D eigenvalue weighted by atomic mass is 32.2. The summed E-state index contributed by atoms with van der Waals surface area (Å²) >= 11 is 0. The number of benzene rings is 1. The maximum absolute atomic E-state index is 13.5. The predicted octanol–water partition coefficient (Wildman–Crippen LogP) is 3.39. The van der Waals surface area contributed by atoms with Gasteiger partial charge in [0.05, 0.1) is 29.7 Å². The zero-order chi connectivity index (χ0) is 23.5. The van der Waals surface area contributed by atoms with Crippen molar-refractivity contribution in [2.45, 2.75) is 56.4 Å². The van der Waals surface area contributed by atoms with Crippen LogP contribution in [0, 0.1) is 23.2 Å². The summed E-state index contributed by atoms with van der Waals surface area (Å²) in [6, 6.07) is 6.40. The Kier molecular flexibility index (Phi) is 5.18. The first-order valence-corrected chi connectivity index (χ1v) is 13.6. The molecule has 0 atom stereocenters. The zero-order valence-corrected chi connectivity index (χ0v) is 20.2. The molecule has 34 heavy (non-hydrogen) atoms. The van der Waals surface area contributed by atoms with Crippen LogP contribution in [0.1, 0.15) is 49.8 Å². The molecular weight excluding hydrogens is 452 g/mol. The largest absolute Gasteiger partial charge is 0.497 e. The van der Waals surface area contributed by atoms with Crippen LogP contribution >= 0.6 is 0 Å². The molecule has 9 heteroatoms. The quantitative estimate of drug-likeness (QED) is 0.701. The second-order valence-electron chi connectivity index (χ2n) is 10.6. The van der Waals surface area contributed by atoms with Crippen molar-refractivity contribution in [2.24, 2.45) is 23.2 Å². The van der Waals surface area contributed by atoms with E-state index in [1.54, 1.807) is 31.4 Å². The Hall–Kier alpha value is -2.52. The molecule has 0 radical (unpaired) electrons. The van der Waals surface area contributed by atoms with Crippen molar-refractivity contribution >= 4 is 21.7 Å². The Morgan fingerprint density at radius 1 is 1.06 bits per heavy atom. The fourth-order valence-corrected chi connectivity index (χ4v) is 8.57. The molecule has 7 rings (SSSR count). The van der Waals surface area contributed by atoms with Crippen molar-refractivity contribution in [1.82, 2.24) is 14.3 Å². The van der Waals surface area contributed by atoms with Crippen LogP contribution in [0.2, 0.25) is 0 Å². The molecule has 4 saturated carbocycles. The number of carbonyl (C=O) groups is 1. The SMILES string of the molecule is COc1ccc(S(=O)(=O)N2CCc3c(ncnc3NC(=O)C34CC5CC(CC(C5)C3)C4)C2)cc1. The van der Waals surface area contributed by atoms with Gasteiger partial charge in [-0.15, -0.1) is 0 Å². The van der Waals surface area contributed by atoms with Gasteiger partial charge < -0.3 is 10.1 Å². The normalized spacial score (nSPS) is 30.1. The van der Waals surface area contributed by atoms with Gasteiger partial charge in [-0.05, 0) is 87.0 Å². The molecule has 0 saturated heterocycles. The molecular formula is C25H30N4O4S. The monoisotopic (exact) mass is 482 g/mol. The third-order valence-corrected chi connectivity index (χ3v) is 10.3. The van der Waals surface area contributed by atoms with Crippen molar-refractivity contribution in [3.8, 4) is 5.75 Å². The van der Waals surface area contributed by atoms with E-state index >= 15 is 0 Å². The number of aromatic nitrogens is 2. The standard InChI is InChI=1S/C25H30N4O4S/c1-33-19-2-4-20(5-3-19)34(31,32)29-7-6-21-22(14-29)26-15-27-23(21)28-24(30)25-11-16-8-17(12-25)10-18(9-16)13-25/h2-5,15-18H,6-14H2,1H3,(H,26,27,28,30). The minimum atomic E-state index is -3.67. The van der Waals surface area contributed by atoms with Gasteiger partial charge in [0, 0.05) is 12.1 Å². The number of carbonyl (C=O) groups excluding carboxylic acids is 1. The van der Waals surface area contributed by atoms with E-state index in [4.69, 9.17) is 4.74 Å². The fraction of sp³-hybridized carbons (Fsp3) is 0.560. The molecule has 0 spiro atoms. The third-order valence-electron chi connectivity index (χ3n) is 8.42. The van der Waals surface area contributed by atoms with Crippen LogP contribution in [0.5, 0.6) is 5.75 Å². The number of nitrogens with one attached hydrogen (secondary N) is 1. The van der Waals surface area contributed by atoms with Gasteiger partial charge >= 0.3 is 0 Å². The second-order valence-corrected chi connectivity index (χ2v) is 12.5. The molecule has 0 unspecified atom stereocenters. The fourth-order valence-electron chi connectivity index (χ4n) is 7.17. The molecule has 4 aliphatic carbocycles. The summed E-state index contributed by atoms with van der Waals surface area (Å²) in [5, 5.41) is 3.15. The minimum absolute atomic E-state index is 0.0979. The van der Waals surface area contributed by atoms with E-state index in [0.717, 1.165) is 24.8 Å². The van der Waals surface area contributed by atoms with Gasteiger partial charge in [0.25, 0.3) is 0 Å². The van der Waals surface area contributed by atoms with E-state index in [1.165, 1.54) is 29.9 Å². The van der Waals surface area contributed by atoms with Crippen LogP contribution in [0.3, 0.4) is 0 Å². The summed E-state index contributed by atoms with van der Waals surface area (Å²) in [6.07, 6.45) is 8.72. The van der Waals surface area contributed by atoms with Crippen LogP contribution in [0.15, 0.2) is 35.5 Å². The van der Waals surface area contributed by atoms with Gasteiger partial charge in [-0.2, -0.15) is 4.31 Å². The molecule has 1 aliphatic heterocycles. The molecule has 4 fully saturated rings. The van der Waals surface area contributed by atoms with Gasteiger partial charge in [-0.3, -0.25) is 4.79 Å². The minimum Gasteiger partial charge on any atom is -0.497 e. The van der Waals surface area contributed by atoms with Gasteiger partial charge in [0.1, 0.15) is 17.9 Å². The highest BCUT2D eigenvalue weighted by Crippen LogP contribution is 2.60. The van der Waals surface area contributed by atoms with E-state index < -0.39 is 10.0 Å². The molecule has 1 aromatic carbocycles. The van der Waals surface area contributed by atoms with Crippen LogP contribution in [0.4, 0.5) is 5.82 Å². The highest BCUT2D eigenvalue weighted by Gasteiger charge is 2.54. The van der Waals surface area contributed by atoms with E-state index in [9.17, 15) is 13.2 Å². The number of fused-ring (bicyclic) bond motifs is 1. The molecule has 1 N–H and O–H groups in total. The lowest BCUT2D eigenvalue weighted by molar-refractivity contribution is -0.140. The number of hydrogen-bond donors (Lipinski definition) is 1. The molecule has 2 heterocycles. The molecule has 1 amide bonds. The lowest BCUT2D eigenvalue weighted by atomic mass is 9.49. The third kappa shape index (κ3) is 3.60. The zero-order valence-electron chi connectivity index (χ0n) is 19.4. The summed E-state index contributed by atoms with van der Waals surface area (Å²) < 4.78 is 33.0. The Labute approximate surface area is 200 Å². The lowest BCUT2D eigenvalue weighted by Gasteiger charge is -2.55. The smallest absolute Gasteiger partial charge is 0.243 e. The predicted molar refractivity (Wildman–Crippen MR) is 126 cm³/mol. The number of hydrogen-bond acceptors (Lipinski definition) is 6. The van der Waals surface area contributed by atoms with Gasteiger partial charge in [-0.25, -0.2) is 18.4 Å². The topological polar surface area (TPSA) is 101 Å². The summed E-state index contributed by atoms with van der Waals surface area (Å²) in [7, 11) is -2.12. The Morgan fingerprint density at radius 2 is 1.71 bits per heavy atom. The lowest BCUT2D eigenvalue weighted by Crippen LogP contribution is -2.52. The van der Waals surface area contributed by atoms with Crippen LogP contribution in [0.25, 0.3) is 0 Å². The number of sulfonamides is 1. The number of methoxy groups -OCH3 is 1. The first-order chi connectivity index (χ1) is 16.4. The average Bonchev–Trinajstić information content (AvgIpc) is 2.83. The van der Waals surface area contributed by atoms with Crippen molar-refractivity contribution < 1.29 is 17.9 Å². The summed E-state index contributed by atoms with van der Waals surface area (Å²) in [5.74, 6) is 3.32. The molecule has 1 aromatic heterocycles. The van der Waals surface area contributed by atoms with Crippen molar-refractivity contribution in [1.29, 1.82) is 0 Å². The highest BCUT2D eigenvalue weighted by molar-refractivity contribution is 7.89. The van der Waals surface area contributed by atoms with Gasteiger partial charge in [0.2, 0.25) is 15.9 Å². The Morgan fingerprint density at radius 3 is 2.32 bits per heavy atom. The number of nitrogens with zero attached hydrogens (tertiary/aromatic N) is 3. The summed E-state index contributed by atoms with van der Waals surface area (Å²) in [6.45, 7) is 0.474. The molecule has 5 aliphatic rings. The van der Waals surface area contributed by atoms with E-state index in [0.29, 0.717) is 48.0 Å². The average molecular weight is 483 g/mol. The van der Waals surface area contributed by atoms with Gasteiger partial charge in [-0.1, -0.05) is 0 Å². The number of anilines is 1.